The van der Waals surface area contributed by atoms with Crippen LogP contribution in [0.15, 0.2) is 78.0 Å². The van der Waals surface area contributed by atoms with E-state index < -0.39 is 5.60 Å². The molecule has 0 unspecified atom stereocenters. The lowest BCUT2D eigenvalue weighted by Crippen LogP contribution is -2.51. The quantitative estimate of drug-likeness (QED) is 0.363. The van der Waals surface area contributed by atoms with Gasteiger partial charge in [0, 0.05) is 54.0 Å². The molecule has 1 aromatic heterocycles. The smallest absolute Gasteiger partial charge is 0.266 e. The summed E-state index contributed by atoms with van der Waals surface area (Å²) in [5.74, 6) is 1.02. The van der Waals surface area contributed by atoms with Crippen LogP contribution in [-0.4, -0.2) is 46.0 Å². The van der Waals surface area contributed by atoms with Gasteiger partial charge in [-0.25, -0.2) is 4.98 Å². The summed E-state index contributed by atoms with van der Waals surface area (Å²) in [4.78, 5) is 31.8. The summed E-state index contributed by atoms with van der Waals surface area (Å²) in [6, 6.07) is 19.2. The van der Waals surface area contributed by atoms with Crippen LogP contribution in [0, 0.1) is 0 Å². The summed E-state index contributed by atoms with van der Waals surface area (Å²) < 4.78 is 6.03. The zero-order valence-electron chi connectivity index (χ0n) is 19.7. The number of ketones is 1. The van der Waals surface area contributed by atoms with Crippen LogP contribution in [0.1, 0.15) is 42.6 Å². The molecule has 1 N–H and O–H groups in total. The van der Waals surface area contributed by atoms with E-state index in [2.05, 4.69) is 15.5 Å². The molecule has 35 heavy (non-hydrogen) atoms. The number of amides is 1. The van der Waals surface area contributed by atoms with Crippen molar-refractivity contribution in [1.29, 1.82) is 0 Å². The molecule has 0 saturated carbocycles. The summed E-state index contributed by atoms with van der Waals surface area (Å²) in [6.45, 7) is 4.66. The zero-order chi connectivity index (χ0) is 24.8. The van der Waals surface area contributed by atoms with Crippen molar-refractivity contribution in [2.75, 3.05) is 18.5 Å². The molecule has 1 amide bonds. The number of ether oxygens (including phenoxy) is 1. The van der Waals surface area contributed by atoms with Crippen molar-refractivity contribution in [3.05, 3.63) is 89.1 Å². The van der Waals surface area contributed by atoms with Gasteiger partial charge in [0.05, 0.1) is 0 Å². The number of rotatable bonds is 7. The molecule has 0 spiro atoms. The standard InChI is InChI=1S/C27H27ClN4O3/c1-27(2,26(34)32-17-14-22(15-18-32)30-31-24-5-3-4-16-29-24)35-23-12-8-20(9-13-23)25(33)19-6-10-21(28)11-7-19/h3-13,16H,14-15,17-18H2,1-2H3,(H,29,31). The molecule has 8 heteroatoms. The lowest BCUT2D eigenvalue weighted by atomic mass is 10.0. The van der Waals surface area contributed by atoms with Crippen molar-refractivity contribution in [1.82, 2.24) is 9.88 Å². The molecule has 1 fully saturated rings. The van der Waals surface area contributed by atoms with E-state index in [9.17, 15) is 9.59 Å². The molecule has 0 radical (unpaired) electrons. The van der Waals surface area contributed by atoms with Crippen molar-refractivity contribution >= 4 is 34.8 Å². The van der Waals surface area contributed by atoms with Crippen LogP contribution in [0.5, 0.6) is 5.75 Å². The fourth-order valence-electron chi connectivity index (χ4n) is 3.81. The highest BCUT2D eigenvalue weighted by atomic mass is 35.5. The van der Waals surface area contributed by atoms with E-state index in [1.807, 2.05) is 18.2 Å². The SMILES string of the molecule is CC(C)(Oc1ccc(C(=O)c2ccc(Cl)cc2)cc1)C(=O)N1CCC(=NNc2ccccn2)CC1. The van der Waals surface area contributed by atoms with Crippen LogP contribution in [0.2, 0.25) is 5.02 Å². The average molecular weight is 491 g/mol. The Balaban J connectivity index is 1.32. The molecule has 180 valence electrons. The van der Waals surface area contributed by atoms with E-state index in [0.717, 1.165) is 5.71 Å². The van der Waals surface area contributed by atoms with Crippen molar-refractivity contribution < 1.29 is 14.3 Å². The fraction of sp³-hybridized carbons (Fsp3) is 0.259. The van der Waals surface area contributed by atoms with Crippen molar-refractivity contribution in [2.45, 2.75) is 32.3 Å². The number of hydrazone groups is 1. The lowest BCUT2D eigenvalue weighted by molar-refractivity contribution is -0.145. The highest BCUT2D eigenvalue weighted by Gasteiger charge is 2.35. The van der Waals surface area contributed by atoms with E-state index in [0.29, 0.717) is 53.6 Å². The van der Waals surface area contributed by atoms with Crippen LogP contribution in [0.4, 0.5) is 5.82 Å². The number of carbonyl (C=O) groups is 2. The molecule has 1 aliphatic rings. The number of hydrogen-bond donors (Lipinski definition) is 1. The number of anilines is 1. The Bertz CT molecular complexity index is 1200. The maximum Gasteiger partial charge on any atom is 0.266 e. The molecule has 0 bridgehead atoms. The number of carbonyl (C=O) groups excluding carboxylic acids is 2. The molecule has 1 saturated heterocycles. The maximum absolute atomic E-state index is 13.2. The van der Waals surface area contributed by atoms with Gasteiger partial charge in [0.1, 0.15) is 11.6 Å². The highest BCUT2D eigenvalue weighted by Crippen LogP contribution is 2.23. The summed E-state index contributed by atoms with van der Waals surface area (Å²) >= 11 is 5.90. The normalized spacial score (nSPS) is 13.8. The van der Waals surface area contributed by atoms with Gasteiger partial charge in [0.25, 0.3) is 5.91 Å². The third kappa shape index (κ3) is 6.25. The van der Waals surface area contributed by atoms with Crippen molar-refractivity contribution in [3.63, 3.8) is 0 Å². The van der Waals surface area contributed by atoms with Gasteiger partial charge in [-0.15, -0.1) is 0 Å². The minimum absolute atomic E-state index is 0.0875. The lowest BCUT2D eigenvalue weighted by Gasteiger charge is -2.34. The third-order valence-electron chi connectivity index (χ3n) is 5.73. The first-order chi connectivity index (χ1) is 16.8. The molecular formula is C27H27ClN4O3. The second-order valence-electron chi connectivity index (χ2n) is 8.77. The largest absolute Gasteiger partial charge is 0.478 e. The Morgan fingerprint density at radius 2 is 1.60 bits per heavy atom. The van der Waals surface area contributed by atoms with Crippen LogP contribution in [-0.2, 0) is 4.79 Å². The Morgan fingerprint density at radius 3 is 2.20 bits per heavy atom. The predicted molar refractivity (Wildman–Crippen MR) is 137 cm³/mol. The average Bonchev–Trinajstić information content (AvgIpc) is 2.88. The monoisotopic (exact) mass is 490 g/mol. The van der Waals surface area contributed by atoms with E-state index in [1.165, 1.54) is 0 Å². The molecular weight excluding hydrogens is 464 g/mol. The predicted octanol–water partition coefficient (Wildman–Crippen LogP) is 5.21. The molecule has 7 nitrogen and oxygen atoms in total. The fourth-order valence-corrected chi connectivity index (χ4v) is 3.93. The number of pyridine rings is 1. The van der Waals surface area contributed by atoms with Crippen molar-refractivity contribution in [2.24, 2.45) is 5.10 Å². The van der Waals surface area contributed by atoms with Gasteiger partial charge in [-0.1, -0.05) is 17.7 Å². The number of benzene rings is 2. The summed E-state index contributed by atoms with van der Waals surface area (Å²) in [6.07, 6.45) is 3.07. The van der Waals surface area contributed by atoms with Crippen LogP contribution >= 0.6 is 11.6 Å². The molecule has 2 aromatic carbocycles. The van der Waals surface area contributed by atoms with Crippen LogP contribution < -0.4 is 10.2 Å². The number of aromatic nitrogens is 1. The van der Waals surface area contributed by atoms with Gasteiger partial charge in [-0.2, -0.15) is 5.10 Å². The third-order valence-corrected chi connectivity index (χ3v) is 5.98. The Labute approximate surface area is 209 Å². The second-order valence-corrected chi connectivity index (χ2v) is 9.21. The molecule has 4 rings (SSSR count). The molecule has 0 atom stereocenters. The van der Waals surface area contributed by atoms with Crippen LogP contribution in [0.25, 0.3) is 0 Å². The van der Waals surface area contributed by atoms with Gasteiger partial charge in [-0.3, -0.25) is 15.0 Å². The maximum atomic E-state index is 13.2. The van der Waals surface area contributed by atoms with Gasteiger partial charge >= 0.3 is 0 Å². The summed E-state index contributed by atoms with van der Waals surface area (Å²) in [5.41, 5.74) is 4.00. The molecule has 3 aromatic rings. The first kappa shape index (κ1) is 24.4. The number of halogens is 1. The number of likely N-dealkylation sites (tertiary alicyclic amines) is 1. The van der Waals surface area contributed by atoms with E-state index in [-0.39, 0.29) is 11.7 Å². The van der Waals surface area contributed by atoms with E-state index >= 15 is 0 Å². The van der Waals surface area contributed by atoms with E-state index in [4.69, 9.17) is 16.3 Å². The topological polar surface area (TPSA) is 83.9 Å². The Kier molecular flexibility index (Phi) is 7.46. The number of hydrogen-bond acceptors (Lipinski definition) is 6. The highest BCUT2D eigenvalue weighted by molar-refractivity contribution is 6.30. The molecule has 0 aliphatic carbocycles. The zero-order valence-corrected chi connectivity index (χ0v) is 20.5. The van der Waals surface area contributed by atoms with Gasteiger partial charge in [0.2, 0.25) is 0 Å². The first-order valence-corrected chi connectivity index (χ1v) is 11.8. The Morgan fingerprint density at radius 1 is 0.971 bits per heavy atom. The minimum Gasteiger partial charge on any atom is -0.478 e. The number of nitrogens with one attached hydrogen (secondary N) is 1. The minimum atomic E-state index is -1.05. The summed E-state index contributed by atoms with van der Waals surface area (Å²) in [5, 5.41) is 5.01. The van der Waals surface area contributed by atoms with E-state index in [1.54, 1.807) is 73.5 Å². The first-order valence-electron chi connectivity index (χ1n) is 11.4. The second kappa shape index (κ2) is 10.7. The number of piperidine rings is 1. The summed E-state index contributed by atoms with van der Waals surface area (Å²) in [7, 11) is 0. The van der Waals surface area contributed by atoms with Crippen LogP contribution in [0.3, 0.4) is 0 Å². The number of nitrogens with zero attached hydrogens (tertiary/aromatic N) is 3. The van der Waals surface area contributed by atoms with Gasteiger partial charge in [0.15, 0.2) is 11.4 Å². The Hall–Kier alpha value is -3.71. The molecule has 2 heterocycles. The van der Waals surface area contributed by atoms with Gasteiger partial charge < -0.3 is 9.64 Å². The van der Waals surface area contributed by atoms with Gasteiger partial charge in [-0.05, 0) is 74.5 Å². The molecule has 1 aliphatic heterocycles. The van der Waals surface area contributed by atoms with Crippen molar-refractivity contribution in [3.8, 4) is 5.75 Å².